The maximum absolute atomic E-state index is 13.7. The fraction of sp³-hybridized carbons (Fsp3) is 0.192. The van der Waals surface area contributed by atoms with Crippen molar-refractivity contribution in [1.29, 1.82) is 0 Å². The third-order valence-electron chi connectivity index (χ3n) is 6.13. The molecule has 5 aromatic rings. The Morgan fingerprint density at radius 3 is 2.57 bits per heavy atom. The molecule has 2 aromatic heterocycles. The van der Waals surface area contributed by atoms with Crippen LogP contribution in [0, 0.1) is 0 Å². The number of carbonyl (C=O) groups is 1. The summed E-state index contributed by atoms with van der Waals surface area (Å²) in [6.45, 7) is 2.59. The number of carbonyl (C=O) groups excluding carboxylic acids is 1. The molecule has 0 bridgehead atoms. The number of fused-ring (bicyclic) bond motifs is 4. The highest BCUT2D eigenvalue weighted by Gasteiger charge is 2.23. The first-order valence-corrected chi connectivity index (χ1v) is 11.3. The fourth-order valence-electron chi connectivity index (χ4n) is 4.55. The number of aromatic nitrogens is 3. The normalized spacial score (nSPS) is 12.6. The molecule has 9 nitrogen and oxygen atoms in total. The minimum Gasteiger partial charge on any atom is -0.454 e. The van der Waals surface area contributed by atoms with Crippen molar-refractivity contribution in [3.63, 3.8) is 0 Å². The van der Waals surface area contributed by atoms with E-state index >= 15 is 0 Å². The van der Waals surface area contributed by atoms with Crippen molar-refractivity contribution < 1.29 is 19.1 Å². The van der Waals surface area contributed by atoms with Crippen LogP contribution < -0.4 is 25.6 Å². The Bertz CT molecular complexity index is 1700. The molecule has 0 saturated heterocycles. The Hall–Kier alpha value is -4.37. The molecule has 0 fully saturated rings. The average Bonchev–Trinajstić information content (AvgIpc) is 3.45. The lowest BCUT2D eigenvalue weighted by atomic mass is 10.1. The zero-order chi connectivity index (χ0) is 24.1. The Balaban J connectivity index is 1.66. The summed E-state index contributed by atoms with van der Waals surface area (Å²) in [5.74, 6) is 0.640. The largest absolute Gasteiger partial charge is 0.454 e. The summed E-state index contributed by atoms with van der Waals surface area (Å²) in [7, 11) is 0. The lowest BCUT2D eigenvalue weighted by Gasteiger charge is -2.12. The Labute approximate surface area is 199 Å². The van der Waals surface area contributed by atoms with Crippen molar-refractivity contribution in [3.8, 4) is 22.8 Å². The van der Waals surface area contributed by atoms with E-state index in [2.05, 4.69) is 0 Å². The van der Waals surface area contributed by atoms with Gasteiger partial charge in [0.05, 0.1) is 11.0 Å². The molecule has 0 atom stereocenters. The van der Waals surface area contributed by atoms with Gasteiger partial charge in [0.2, 0.25) is 6.79 Å². The van der Waals surface area contributed by atoms with Crippen LogP contribution in [0.3, 0.4) is 0 Å². The van der Waals surface area contributed by atoms with Gasteiger partial charge in [0.15, 0.2) is 11.5 Å². The van der Waals surface area contributed by atoms with E-state index in [0.717, 1.165) is 32.8 Å². The van der Waals surface area contributed by atoms with E-state index in [9.17, 15) is 9.59 Å². The van der Waals surface area contributed by atoms with Crippen LogP contribution in [0.2, 0.25) is 0 Å². The van der Waals surface area contributed by atoms with Crippen LogP contribution in [0.5, 0.6) is 11.5 Å². The molecule has 0 aliphatic carbocycles. The first-order chi connectivity index (χ1) is 17.0. The molecule has 3 heterocycles. The Morgan fingerprint density at radius 1 is 1.09 bits per heavy atom. The summed E-state index contributed by atoms with van der Waals surface area (Å²) in [5, 5.41) is 2.64. The minimum absolute atomic E-state index is 0.140. The number of hydrogen-bond acceptors (Lipinski definition) is 7. The molecule has 35 heavy (non-hydrogen) atoms. The van der Waals surface area contributed by atoms with Gasteiger partial charge in [-0.1, -0.05) is 24.3 Å². The van der Waals surface area contributed by atoms with Gasteiger partial charge in [0.25, 0.3) is 0 Å². The number of nitrogens with two attached hydrogens (primary N) is 1. The highest BCUT2D eigenvalue weighted by molar-refractivity contribution is 5.99. The molecule has 176 valence electrons. The summed E-state index contributed by atoms with van der Waals surface area (Å²) >= 11 is 0. The first-order valence-electron chi connectivity index (χ1n) is 11.3. The smallest absolute Gasteiger partial charge is 0.330 e. The van der Waals surface area contributed by atoms with Crippen molar-refractivity contribution in [2.75, 3.05) is 13.3 Å². The fourth-order valence-corrected chi connectivity index (χ4v) is 4.55. The maximum Gasteiger partial charge on any atom is 0.330 e. The molecule has 0 saturated carbocycles. The van der Waals surface area contributed by atoms with Crippen LogP contribution in [-0.4, -0.2) is 33.6 Å². The van der Waals surface area contributed by atoms with Crippen molar-refractivity contribution in [2.45, 2.75) is 19.9 Å². The summed E-state index contributed by atoms with van der Waals surface area (Å²) in [6, 6.07) is 15.2. The van der Waals surface area contributed by atoms with Gasteiger partial charge in [-0.3, -0.25) is 4.79 Å². The molecule has 1 aliphatic heterocycles. The van der Waals surface area contributed by atoms with E-state index in [1.165, 1.54) is 6.92 Å². The highest BCUT2D eigenvalue weighted by atomic mass is 16.7. The molecule has 0 spiro atoms. The molecule has 1 aliphatic rings. The van der Waals surface area contributed by atoms with Crippen molar-refractivity contribution >= 4 is 38.7 Å². The van der Waals surface area contributed by atoms with Crippen molar-refractivity contribution in [2.24, 2.45) is 5.73 Å². The summed E-state index contributed by atoms with van der Waals surface area (Å²) in [5.41, 5.74) is 7.82. The third-order valence-corrected chi connectivity index (χ3v) is 6.13. The number of rotatable bonds is 5. The van der Waals surface area contributed by atoms with Crippen LogP contribution in [0.15, 0.2) is 59.5 Å². The Morgan fingerprint density at radius 2 is 1.83 bits per heavy atom. The van der Waals surface area contributed by atoms with Crippen LogP contribution in [0.1, 0.15) is 13.3 Å². The monoisotopic (exact) mass is 470 g/mol. The SMILES string of the molecule is CC(=O)On1c(=O)c(-c2cn(CCCN)c3cc4c(cc23)OCO4)nc2cc3ccccc3cc21. The predicted molar refractivity (Wildman–Crippen MR) is 131 cm³/mol. The van der Waals surface area contributed by atoms with Gasteiger partial charge in [-0.2, -0.15) is 0 Å². The van der Waals surface area contributed by atoms with Crippen LogP contribution in [0.25, 0.3) is 44.0 Å². The van der Waals surface area contributed by atoms with Gasteiger partial charge in [0, 0.05) is 36.7 Å². The quantitative estimate of drug-likeness (QED) is 0.393. The third kappa shape index (κ3) is 3.48. The highest BCUT2D eigenvalue weighted by Crippen LogP contribution is 2.40. The molecule has 2 N–H and O–H groups in total. The molecular formula is C26H22N4O5. The average molecular weight is 470 g/mol. The number of aryl methyl sites for hydroxylation is 1. The zero-order valence-electron chi connectivity index (χ0n) is 19.0. The lowest BCUT2D eigenvalue weighted by Crippen LogP contribution is -2.31. The van der Waals surface area contributed by atoms with Crippen LogP contribution in [-0.2, 0) is 11.3 Å². The molecule has 0 amide bonds. The Kier molecular flexibility index (Phi) is 4.93. The standard InChI is InChI=1S/C26H22N4O5/c1-15(31)35-30-22-10-17-6-3-2-5-16(17)9-20(22)28-25(26(30)32)19-13-29(8-4-7-27)21-12-24-23(11-18(19)21)33-14-34-24/h2-3,5-6,9-13H,4,7-8,14,27H2,1H3. The summed E-state index contributed by atoms with van der Waals surface area (Å²) in [4.78, 5) is 35.8. The van der Waals surface area contributed by atoms with Crippen LogP contribution in [0.4, 0.5) is 0 Å². The molecule has 0 radical (unpaired) electrons. The molecule has 9 heteroatoms. The van der Waals surface area contributed by atoms with Gasteiger partial charge < -0.3 is 24.6 Å². The number of nitrogens with zero attached hydrogens (tertiary/aromatic N) is 3. The van der Waals surface area contributed by atoms with E-state index in [1.807, 2.05) is 53.2 Å². The maximum atomic E-state index is 13.7. The van der Waals surface area contributed by atoms with E-state index in [0.29, 0.717) is 41.2 Å². The van der Waals surface area contributed by atoms with E-state index in [-0.39, 0.29) is 12.5 Å². The van der Waals surface area contributed by atoms with Crippen molar-refractivity contribution in [3.05, 3.63) is 65.1 Å². The van der Waals surface area contributed by atoms with Crippen molar-refractivity contribution in [1.82, 2.24) is 14.3 Å². The second kappa shape index (κ2) is 8.14. The first kappa shape index (κ1) is 21.2. The van der Waals surface area contributed by atoms with E-state index in [4.69, 9.17) is 25.0 Å². The molecule has 3 aromatic carbocycles. The predicted octanol–water partition coefficient (Wildman–Crippen LogP) is 3.22. The van der Waals surface area contributed by atoms with E-state index in [1.54, 1.807) is 6.07 Å². The van der Waals surface area contributed by atoms with Gasteiger partial charge in [-0.05, 0) is 41.9 Å². The number of benzene rings is 3. The van der Waals surface area contributed by atoms with E-state index < -0.39 is 11.5 Å². The number of hydrogen-bond donors (Lipinski definition) is 1. The van der Waals surface area contributed by atoms with Gasteiger partial charge >= 0.3 is 11.5 Å². The summed E-state index contributed by atoms with van der Waals surface area (Å²) in [6.07, 6.45) is 2.64. The molecule has 0 unspecified atom stereocenters. The number of ether oxygens (including phenoxy) is 2. The minimum atomic E-state index is -0.604. The second-order valence-electron chi connectivity index (χ2n) is 8.43. The van der Waals surface area contributed by atoms with Gasteiger partial charge in [-0.15, -0.1) is 4.73 Å². The zero-order valence-corrected chi connectivity index (χ0v) is 19.0. The molecule has 6 rings (SSSR count). The lowest BCUT2D eigenvalue weighted by molar-refractivity contribution is -0.141. The van der Waals surface area contributed by atoms with Crippen LogP contribution >= 0.6 is 0 Å². The summed E-state index contributed by atoms with van der Waals surface area (Å²) < 4.78 is 14.2. The second-order valence-corrected chi connectivity index (χ2v) is 8.43. The van der Waals surface area contributed by atoms with Gasteiger partial charge in [0.1, 0.15) is 11.2 Å². The molecular weight excluding hydrogens is 448 g/mol. The van der Waals surface area contributed by atoms with Gasteiger partial charge in [-0.25, -0.2) is 9.78 Å². The topological polar surface area (TPSA) is 111 Å².